The van der Waals surface area contributed by atoms with Gasteiger partial charge in [-0.25, -0.2) is 0 Å². The van der Waals surface area contributed by atoms with Crippen LogP contribution < -0.4 is 10.2 Å². The second kappa shape index (κ2) is 5.87. The van der Waals surface area contributed by atoms with Crippen molar-refractivity contribution in [2.45, 2.75) is 31.5 Å². The van der Waals surface area contributed by atoms with Crippen LogP contribution >= 0.6 is 0 Å². The molecule has 0 aliphatic carbocycles. The van der Waals surface area contributed by atoms with E-state index in [1.807, 2.05) is 5.10 Å². The molecule has 2 aromatic rings. The highest BCUT2D eigenvalue weighted by Gasteiger charge is 2.38. The molecule has 4 rings (SSSR count). The van der Waals surface area contributed by atoms with E-state index in [9.17, 15) is 18.0 Å². The van der Waals surface area contributed by atoms with Crippen LogP contribution in [0.1, 0.15) is 24.1 Å². The van der Waals surface area contributed by atoms with Crippen LogP contribution in [0.4, 0.5) is 18.9 Å². The number of H-pyrrole nitrogens is 1. The van der Waals surface area contributed by atoms with Crippen LogP contribution in [-0.4, -0.2) is 35.2 Å². The third-order valence-electron chi connectivity index (χ3n) is 4.86. The van der Waals surface area contributed by atoms with Crippen molar-refractivity contribution in [1.82, 2.24) is 15.5 Å². The number of alkyl halides is 3. The van der Waals surface area contributed by atoms with Crippen molar-refractivity contribution < 1.29 is 18.0 Å². The van der Waals surface area contributed by atoms with E-state index in [0.717, 1.165) is 24.9 Å². The third-order valence-corrected chi connectivity index (χ3v) is 4.86. The van der Waals surface area contributed by atoms with E-state index in [2.05, 4.69) is 10.4 Å². The van der Waals surface area contributed by atoms with E-state index >= 15 is 0 Å². The molecular weight excluding hydrogens is 333 g/mol. The summed E-state index contributed by atoms with van der Waals surface area (Å²) in [5.41, 5.74) is 1.11. The van der Waals surface area contributed by atoms with Crippen LogP contribution in [0.5, 0.6) is 0 Å². The Kier molecular flexibility index (Phi) is 3.79. The van der Waals surface area contributed by atoms with Gasteiger partial charge in [-0.15, -0.1) is 0 Å². The largest absolute Gasteiger partial charge is 0.433 e. The lowest BCUT2D eigenvalue weighted by molar-refractivity contribution is -0.140. The quantitative estimate of drug-likeness (QED) is 0.876. The van der Waals surface area contributed by atoms with E-state index in [1.54, 1.807) is 23.1 Å². The maximum atomic E-state index is 13.2. The van der Waals surface area contributed by atoms with Crippen LogP contribution in [-0.2, 0) is 17.4 Å². The number of aromatic amines is 1. The van der Waals surface area contributed by atoms with Crippen LogP contribution in [0, 0.1) is 0 Å². The molecule has 1 saturated heterocycles. The molecule has 2 aliphatic rings. The predicted molar refractivity (Wildman–Crippen MR) is 86.1 cm³/mol. The molecule has 0 saturated carbocycles. The number of benzene rings is 1. The Morgan fingerprint density at radius 2 is 2.12 bits per heavy atom. The van der Waals surface area contributed by atoms with Gasteiger partial charge in [0, 0.05) is 17.8 Å². The molecule has 1 aromatic carbocycles. The Morgan fingerprint density at radius 3 is 2.84 bits per heavy atom. The number of nitrogens with one attached hydrogen (secondary N) is 2. The van der Waals surface area contributed by atoms with Gasteiger partial charge in [-0.1, -0.05) is 12.1 Å². The molecule has 1 unspecified atom stereocenters. The van der Waals surface area contributed by atoms with Crippen molar-refractivity contribution in [3.8, 4) is 11.1 Å². The zero-order valence-electron chi connectivity index (χ0n) is 13.4. The summed E-state index contributed by atoms with van der Waals surface area (Å²) in [6.45, 7) is 1.31. The zero-order chi connectivity index (χ0) is 17.6. The number of rotatable bonds is 2. The first-order valence-electron chi connectivity index (χ1n) is 8.24. The van der Waals surface area contributed by atoms with Gasteiger partial charge in [0.15, 0.2) is 0 Å². The van der Waals surface area contributed by atoms with Gasteiger partial charge in [0.25, 0.3) is 0 Å². The predicted octanol–water partition coefficient (Wildman–Crippen LogP) is 2.74. The molecule has 132 valence electrons. The van der Waals surface area contributed by atoms with Crippen LogP contribution in [0.25, 0.3) is 11.1 Å². The number of fused-ring (bicyclic) bond motifs is 1. The van der Waals surface area contributed by atoms with Crippen molar-refractivity contribution >= 4 is 11.6 Å². The average molecular weight is 350 g/mol. The molecule has 25 heavy (non-hydrogen) atoms. The third kappa shape index (κ3) is 2.70. The second-order valence-corrected chi connectivity index (χ2v) is 6.35. The van der Waals surface area contributed by atoms with Crippen molar-refractivity contribution in [2.24, 2.45) is 0 Å². The van der Waals surface area contributed by atoms with Gasteiger partial charge < -0.3 is 10.2 Å². The van der Waals surface area contributed by atoms with Crippen molar-refractivity contribution in [1.29, 1.82) is 0 Å². The van der Waals surface area contributed by atoms with Crippen LogP contribution in [0.15, 0.2) is 24.4 Å². The Balaban J connectivity index is 1.73. The zero-order valence-corrected chi connectivity index (χ0v) is 13.4. The summed E-state index contributed by atoms with van der Waals surface area (Å²) in [6, 6.07) is 4.94. The highest BCUT2D eigenvalue weighted by molar-refractivity contribution is 6.00. The summed E-state index contributed by atoms with van der Waals surface area (Å²) >= 11 is 0. The maximum Gasteiger partial charge on any atom is 0.433 e. The average Bonchev–Trinajstić information content (AvgIpc) is 3.31. The summed E-state index contributed by atoms with van der Waals surface area (Å²) in [7, 11) is 0. The molecule has 1 amide bonds. The first-order valence-corrected chi connectivity index (χ1v) is 8.24. The SMILES string of the molecule is O=C(C1CCCN1)N1CCc2c(-c3cn[nH]c3C(F)(F)F)cccc21. The smallest absolute Gasteiger partial charge is 0.310 e. The Labute approximate surface area is 142 Å². The van der Waals surface area contributed by atoms with Gasteiger partial charge in [0.2, 0.25) is 5.91 Å². The molecule has 1 atom stereocenters. The lowest BCUT2D eigenvalue weighted by Gasteiger charge is -2.21. The van der Waals surface area contributed by atoms with E-state index in [-0.39, 0.29) is 17.5 Å². The standard InChI is InChI=1S/C17H17F3N4O/c18-17(19,20)15-12(9-22-23-15)10-3-1-5-14-11(10)6-8-24(14)16(25)13-4-2-7-21-13/h1,3,5,9,13,21H,2,4,6-8H2,(H,22,23). The minimum absolute atomic E-state index is 0.00311. The normalized spacial score (nSPS) is 20.1. The highest BCUT2D eigenvalue weighted by Crippen LogP contribution is 2.41. The maximum absolute atomic E-state index is 13.2. The molecule has 1 aromatic heterocycles. The van der Waals surface area contributed by atoms with Crippen molar-refractivity contribution in [2.75, 3.05) is 18.0 Å². The molecule has 8 heteroatoms. The highest BCUT2D eigenvalue weighted by atomic mass is 19.4. The van der Waals surface area contributed by atoms with E-state index in [4.69, 9.17) is 0 Å². The number of aromatic nitrogens is 2. The van der Waals surface area contributed by atoms with Gasteiger partial charge in [0.1, 0.15) is 5.69 Å². The number of hydrogen-bond acceptors (Lipinski definition) is 3. The fourth-order valence-corrected chi connectivity index (χ4v) is 3.71. The Bertz CT molecular complexity index is 808. The summed E-state index contributed by atoms with van der Waals surface area (Å²) in [5, 5.41) is 8.80. The van der Waals surface area contributed by atoms with Gasteiger partial charge in [-0.3, -0.25) is 9.89 Å². The van der Waals surface area contributed by atoms with E-state index in [1.165, 1.54) is 6.20 Å². The molecule has 5 nitrogen and oxygen atoms in total. The molecular formula is C17H17F3N4O. The lowest BCUT2D eigenvalue weighted by atomic mass is 9.98. The Morgan fingerprint density at radius 1 is 1.28 bits per heavy atom. The summed E-state index contributed by atoms with van der Waals surface area (Å²) < 4.78 is 39.6. The fraction of sp³-hybridized carbons (Fsp3) is 0.412. The Hall–Kier alpha value is -2.35. The molecule has 0 spiro atoms. The second-order valence-electron chi connectivity index (χ2n) is 6.35. The first kappa shape index (κ1) is 16.1. The van der Waals surface area contributed by atoms with E-state index in [0.29, 0.717) is 24.2 Å². The molecule has 2 N–H and O–H groups in total. The van der Waals surface area contributed by atoms with Crippen LogP contribution in [0.2, 0.25) is 0 Å². The number of carbonyl (C=O) groups excluding carboxylic acids is 1. The first-order chi connectivity index (χ1) is 12.0. The fourth-order valence-electron chi connectivity index (χ4n) is 3.71. The minimum Gasteiger partial charge on any atom is -0.310 e. The van der Waals surface area contributed by atoms with Gasteiger partial charge in [0.05, 0.1) is 12.2 Å². The molecule has 1 fully saturated rings. The summed E-state index contributed by atoms with van der Waals surface area (Å²) in [5.74, 6) is -0.00311. The molecule has 2 aliphatic heterocycles. The van der Waals surface area contributed by atoms with Gasteiger partial charge in [-0.05, 0) is 43.0 Å². The lowest BCUT2D eigenvalue weighted by Crippen LogP contribution is -2.42. The summed E-state index contributed by atoms with van der Waals surface area (Å²) in [4.78, 5) is 14.4. The number of halogens is 3. The van der Waals surface area contributed by atoms with Crippen molar-refractivity contribution in [3.63, 3.8) is 0 Å². The number of carbonyl (C=O) groups is 1. The monoisotopic (exact) mass is 350 g/mol. The number of hydrogen-bond donors (Lipinski definition) is 2. The van der Waals surface area contributed by atoms with Gasteiger partial charge >= 0.3 is 6.18 Å². The minimum atomic E-state index is -4.50. The number of anilines is 1. The summed E-state index contributed by atoms with van der Waals surface area (Å²) in [6.07, 6.45) is -1.02. The van der Waals surface area contributed by atoms with Crippen molar-refractivity contribution in [3.05, 3.63) is 35.7 Å². The molecule has 0 radical (unpaired) electrons. The topological polar surface area (TPSA) is 61.0 Å². The van der Waals surface area contributed by atoms with E-state index < -0.39 is 11.9 Å². The van der Waals surface area contributed by atoms with Crippen LogP contribution in [0.3, 0.4) is 0 Å². The molecule has 0 bridgehead atoms. The van der Waals surface area contributed by atoms with Gasteiger partial charge in [-0.2, -0.15) is 18.3 Å². The molecule has 3 heterocycles. The number of amides is 1. The number of nitrogens with zero attached hydrogens (tertiary/aromatic N) is 2.